The van der Waals surface area contributed by atoms with Crippen LogP contribution in [0.15, 0.2) is 72.8 Å². The predicted molar refractivity (Wildman–Crippen MR) is 154 cm³/mol. The summed E-state index contributed by atoms with van der Waals surface area (Å²) in [5.74, 6) is 1.30. The summed E-state index contributed by atoms with van der Waals surface area (Å²) in [6.07, 6.45) is 2.23. The van der Waals surface area contributed by atoms with Crippen molar-refractivity contribution in [3.63, 3.8) is 0 Å². The summed E-state index contributed by atoms with van der Waals surface area (Å²) in [6.45, 7) is 7.76. The van der Waals surface area contributed by atoms with E-state index in [2.05, 4.69) is 63.9 Å². The van der Waals surface area contributed by atoms with Crippen molar-refractivity contribution in [3.05, 3.63) is 89.7 Å². The molecule has 0 N–H and O–H groups in total. The Morgan fingerprint density at radius 1 is 0.821 bits per heavy atom. The Morgan fingerprint density at radius 3 is 2.51 bits per heavy atom. The van der Waals surface area contributed by atoms with Gasteiger partial charge in [0.15, 0.2) is 0 Å². The van der Waals surface area contributed by atoms with Gasteiger partial charge < -0.3 is 14.0 Å². The first-order valence-corrected chi connectivity index (χ1v) is 14.2. The Bertz CT molecular complexity index is 1410. The predicted octanol–water partition coefficient (Wildman–Crippen LogP) is 6.20. The van der Waals surface area contributed by atoms with Crippen molar-refractivity contribution in [1.82, 2.24) is 14.4 Å². The Hall–Kier alpha value is -3.19. The fourth-order valence-corrected chi connectivity index (χ4v) is 6.03. The molecule has 4 bridgehead atoms. The Kier molecular flexibility index (Phi) is 7.95. The van der Waals surface area contributed by atoms with Gasteiger partial charge in [-0.3, -0.25) is 9.80 Å². The van der Waals surface area contributed by atoms with E-state index in [-0.39, 0.29) is 5.82 Å². The summed E-state index contributed by atoms with van der Waals surface area (Å²) in [5, 5.41) is 0.927. The van der Waals surface area contributed by atoms with Gasteiger partial charge in [-0.05, 0) is 73.3 Å². The Morgan fingerprint density at radius 2 is 1.64 bits per heavy atom. The third-order valence-corrected chi connectivity index (χ3v) is 8.08. The maximum Gasteiger partial charge on any atom is 0.123 e. The SMILES string of the molecule is CN1CCOc2cccc(c2)-c2cc3cc(F)ccc3n2CCN(CC2CCOCC2)Cc2cccc(c2)C1. The molecule has 0 saturated carbocycles. The van der Waals surface area contributed by atoms with Crippen LogP contribution in [0.2, 0.25) is 0 Å². The minimum Gasteiger partial charge on any atom is -0.492 e. The van der Waals surface area contributed by atoms with Crippen molar-refractivity contribution in [2.24, 2.45) is 5.92 Å². The van der Waals surface area contributed by atoms with Crippen LogP contribution in [0.1, 0.15) is 24.0 Å². The van der Waals surface area contributed by atoms with Crippen LogP contribution in [0.5, 0.6) is 5.75 Å². The summed E-state index contributed by atoms with van der Waals surface area (Å²) >= 11 is 0. The lowest BCUT2D eigenvalue weighted by Gasteiger charge is -2.30. The number of aromatic nitrogens is 1. The molecule has 0 unspecified atom stereocenters. The molecule has 1 saturated heterocycles. The van der Waals surface area contributed by atoms with Crippen molar-refractivity contribution < 1.29 is 13.9 Å². The van der Waals surface area contributed by atoms with Gasteiger partial charge >= 0.3 is 0 Å². The molecule has 1 fully saturated rings. The van der Waals surface area contributed by atoms with Gasteiger partial charge in [0.2, 0.25) is 0 Å². The first kappa shape index (κ1) is 26.1. The van der Waals surface area contributed by atoms with Crippen LogP contribution >= 0.6 is 0 Å². The van der Waals surface area contributed by atoms with Gasteiger partial charge in [-0.15, -0.1) is 0 Å². The zero-order valence-electron chi connectivity index (χ0n) is 22.8. The Labute approximate surface area is 230 Å². The maximum atomic E-state index is 14.2. The number of hydrogen-bond donors (Lipinski definition) is 0. The third kappa shape index (κ3) is 6.35. The van der Waals surface area contributed by atoms with E-state index >= 15 is 0 Å². The summed E-state index contributed by atoms with van der Waals surface area (Å²) in [7, 11) is 2.15. The molecule has 204 valence electrons. The van der Waals surface area contributed by atoms with Crippen LogP contribution < -0.4 is 4.74 Å². The lowest BCUT2D eigenvalue weighted by atomic mass is 9.99. The molecule has 0 atom stereocenters. The molecular formula is C33H38FN3O2. The number of hydrogen-bond acceptors (Lipinski definition) is 4. The number of rotatable bonds is 2. The lowest BCUT2D eigenvalue weighted by Crippen LogP contribution is -2.34. The number of halogens is 1. The molecule has 6 rings (SSSR count). The van der Waals surface area contributed by atoms with Crippen LogP contribution in [0.25, 0.3) is 22.2 Å². The van der Waals surface area contributed by atoms with E-state index < -0.39 is 0 Å². The number of likely N-dealkylation sites (N-methyl/N-ethyl adjacent to an activating group) is 1. The van der Waals surface area contributed by atoms with Gasteiger partial charge in [0.25, 0.3) is 0 Å². The van der Waals surface area contributed by atoms with Crippen molar-refractivity contribution >= 4 is 10.9 Å². The van der Waals surface area contributed by atoms with Crippen LogP contribution in [0, 0.1) is 11.7 Å². The van der Waals surface area contributed by atoms with Crippen LogP contribution in [-0.4, -0.2) is 60.9 Å². The average Bonchev–Trinajstić information content (AvgIpc) is 3.30. The van der Waals surface area contributed by atoms with Gasteiger partial charge in [-0.2, -0.15) is 0 Å². The molecule has 0 amide bonds. The van der Waals surface area contributed by atoms with Gasteiger partial charge in [0.1, 0.15) is 18.2 Å². The van der Waals surface area contributed by atoms with E-state index in [1.807, 2.05) is 18.2 Å². The zero-order chi connectivity index (χ0) is 26.6. The van der Waals surface area contributed by atoms with E-state index in [0.29, 0.717) is 12.5 Å². The molecule has 6 heteroatoms. The summed E-state index contributed by atoms with van der Waals surface area (Å²) in [4.78, 5) is 4.92. The molecule has 1 aromatic heterocycles. The quantitative estimate of drug-likeness (QED) is 0.311. The van der Waals surface area contributed by atoms with E-state index in [0.717, 1.165) is 93.2 Å². The van der Waals surface area contributed by atoms with Crippen molar-refractivity contribution in [1.29, 1.82) is 0 Å². The van der Waals surface area contributed by atoms with Gasteiger partial charge in [0.05, 0.1) is 0 Å². The van der Waals surface area contributed by atoms with Crippen molar-refractivity contribution in [2.45, 2.75) is 32.5 Å². The highest BCUT2D eigenvalue weighted by atomic mass is 19.1. The lowest BCUT2D eigenvalue weighted by molar-refractivity contribution is 0.0509. The molecule has 5 nitrogen and oxygen atoms in total. The zero-order valence-corrected chi connectivity index (χ0v) is 22.8. The van der Waals surface area contributed by atoms with E-state index in [1.165, 1.54) is 11.1 Å². The molecule has 3 aromatic carbocycles. The van der Waals surface area contributed by atoms with Crippen LogP contribution in [0.3, 0.4) is 0 Å². The van der Waals surface area contributed by atoms with Crippen LogP contribution in [0.4, 0.5) is 4.39 Å². The van der Waals surface area contributed by atoms with Crippen molar-refractivity contribution in [3.8, 4) is 17.0 Å². The monoisotopic (exact) mass is 527 g/mol. The van der Waals surface area contributed by atoms with Gasteiger partial charge in [0, 0.05) is 74.6 Å². The highest BCUT2D eigenvalue weighted by molar-refractivity contribution is 5.87. The average molecular weight is 528 g/mol. The number of fused-ring (bicyclic) bond motifs is 8. The first-order valence-electron chi connectivity index (χ1n) is 14.2. The molecule has 2 aliphatic heterocycles. The van der Waals surface area contributed by atoms with E-state index in [4.69, 9.17) is 9.47 Å². The molecule has 3 heterocycles. The third-order valence-electron chi connectivity index (χ3n) is 8.08. The number of benzene rings is 3. The first-order chi connectivity index (χ1) is 19.1. The largest absolute Gasteiger partial charge is 0.492 e. The number of ether oxygens (including phenoxy) is 2. The highest BCUT2D eigenvalue weighted by Gasteiger charge is 2.20. The second-order valence-corrected chi connectivity index (χ2v) is 11.1. The summed E-state index contributed by atoms with van der Waals surface area (Å²) in [5.41, 5.74) is 5.91. The minimum atomic E-state index is -0.206. The molecule has 0 radical (unpaired) electrons. The van der Waals surface area contributed by atoms with Crippen molar-refractivity contribution in [2.75, 3.05) is 46.5 Å². The van der Waals surface area contributed by atoms with Gasteiger partial charge in [-0.25, -0.2) is 4.39 Å². The fraction of sp³-hybridized carbons (Fsp3) is 0.394. The van der Waals surface area contributed by atoms with E-state index in [9.17, 15) is 4.39 Å². The second kappa shape index (κ2) is 11.9. The fourth-order valence-electron chi connectivity index (χ4n) is 6.03. The van der Waals surface area contributed by atoms with Crippen LogP contribution in [-0.2, 0) is 24.4 Å². The Balaban J connectivity index is 1.38. The summed E-state index contributed by atoms with van der Waals surface area (Å²) in [6, 6.07) is 24.6. The molecule has 0 aliphatic carbocycles. The maximum absolute atomic E-state index is 14.2. The molecule has 39 heavy (non-hydrogen) atoms. The second-order valence-electron chi connectivity index (χ2n) is 11.1. The topological polar surface area (TPSA) is 29.9 Å². The normalized spacial score (nSPS) is 18.4. The highest BCUT2D eigenvalue weighted by Crippen LogP contribution is 2.31. The van der Waals surface area contributed by atoms with Gasteiger partial charge in [-0.1, -0.05) is 36.4 Å². The molecular weight excluding hydrogens is 489 g/mol. The molecule has 2 aliphatic rings. The number of nitrogens with zero attached hydrogens (tertiary/aromatic N) is 3. The smallest absolute Gasteiger partial charge is 0.123 e. The molecule has 4 aromatic rings. The van der Waals surface area contributed by atoms with E-state index in [1.54, 1.807) is 12.1 Å². The standard InChI is InChI=1S/C33H38FN3O2/c1-35-14-17-39-31-7-3-6-28(20-31)33-21-29-19-30(34)8-9-32(29)37(33)13-12-36(23-25-10-15-38-16-11-25)24-27-5-2-4-26(18-27)22-35/h2-9,18-21,25H,10-17,22-24H2,1H3. The minimum absolute atomic E-state index is 0.206. The molecule has 0 spiro atoms. The summed E-state index contributed by atoms with van der Waals surface area (Å²) < 4.78 is 28.4.